The lowest BCUT2D eigenvalue weighted by Crippen LogP contribution is -2.29. The topological polar surface area (TPSA) is 66.8 Å². The Morgan fingerprint density at radius 3 is 2.58 bits per heavy atom. The number of hydrogen-bond donors (Lipinski definition) is 1. The molecule has 0 saturated carbocycles. The van der Waals surface area contributed by atoms with Gasteiger partial charge in [0.1, 0.15) is 23.4 Å². The number of ketones is 1. The van der Waals surface area contributed by atoms with Crippen molar-refractivity contribution in [2.24, 2.45) is 0 Å². The normalized spacial score (nSPS) is 21.2. The first-order valence-corrected chi connectivity index (χ1v) is 10.8. The molecule has 2 heterocycles. The molecule has 3 aromatic rings. The van der Waals surface area contributed by atoms with Crippen LogP contribution >= 0.6 is 11.6 Å². The first-order chi connectivity index (χ1) is 15.8. The van der Waals surface area contributed by atoms with E-state index in [1.165, 1.54) is 23.1 Å². The van der Waals surface area contributed by atoms with Gasteiger partial charge in [-0.1, -0.05) is 29.8 Å². The summed E-state index contributed by atoms with van der Waals surface area (Å²) in [6, 6.07) is 16.3. The van der Waals surface area contributed by atoms with Crippen molar-refractivity contribution < 1.29 is 23.8 Å². The highest BCUT2D eigenvalue weighted by atomic mass is 35.5. The summed E-state index contributed by atoms with van der Waals surface area (Å²) < 4.78 is 19.7. The zero-order valence-corrected chi connectivity index (χ0v) is 18.3. The van der Waals surface area contributed by atoms with E-state index >= 15 is 0 Å². The molecule has 0 aromatic heterocycles. The molecule has 166 valence electrons. The Morgan fingerprint density at radius 1 is 1.09 bits per heavy atom. The van der Waals surface area contributed by atoms with E-state index in [1.807, 2.05) is 6.92 Å². The predicted molar refractivity (Wildman–Crippen MR) is 123 cm³/mol. The molecule has 5 nitrogen and oxygen atoms in total. The lowest BCUT2D eigenvalue weighted by molar-refractivity contribution is -0.132. The quantitative estimate of drug-likeness (QED) is 0.319. The van der Waals surface area contributed by atoms with Gasteiger partial charge in [-0.25, -0.2) is 4.39 Å². The Hall–Kier alpha value is -3.64. The Labute approximate surface area is 194 Å². The standard InChI is InChI=1S/C26H19ClFNO4/c1-14-11-17-12-16(7-10-21(17)33-14)24(30)22-23(15-5-8-18(27)9-6-15)29(26(32)25(22)31)20-4-2-3-19(28)13-20/h2-10,12-14,23,30H,11H2,1H3/b24-22-. The van der Waals surface area contributed by atoms with E-state index in [2.05, 4.69) is 0 Å². The van der Waals surface area contributed by atoms with Crippen LogP contribution in [0.1, 0.15) is 29.7 Å². The molecule has 5 rings (SSSR count). The lowest BCUT2D eigenvalue weighted by Gasteiger charge is -2.25. The van der Waals surface area contributed by atoms with Gasteiger partial charge in [-0.15, -0.1) is 0 Å². The van der Waals surface area contributed by atoms with Gasteiger partial charge in [0.25, 0.3) is 11.7 Å². The van der Waals surface area contributed by atoms with Crippen LogP contribution in [0.5, 0.6) is 5.75 Å². The van der Waals surface area contributed by atoms with Gasteiger partial charge in [0.05, 0.1) is 11.6 Å². The molecule has 1 saturated heterocycles. The van der Waals surface area contributed by atoms with Gasteiger partial charge in [-0.3, -0.25) is 14.5 Å². The Kier molecular flexibility index (Phi) is 5.17. The minimum absolute atomic E-state index is 0.0185. The zero-order valence-electron chi connectivity index (χ0n) is 17.6. The summed E-state index contributed by atoms with van der Waals surface area (Å²) in [6.45, 7) is 1.95. The molecule has 33 heavy (non-hydrogen) atoms. The number of fused-ring (bicyclic) bond motifs is 1. The van der Waals surface area contributed by atoms with Crippen LogP contribution in [0.4, 0.5) is 10.1 Å². The fourth-order valence-electron chi connectivity index (χ4n) is 4.41. The fourth-order valence-corrected chi connectivity index (χ4v) is 4.54. The molecule has 2 aliphatic rings. The number of carbonyl (C=O) groups excluding carboxylic acids is 2. The van der Waals surface area contributed by atoms with Gasteiger partial charge < -0.3 is 9.84 Å². The van der Waals surface area contributed by atoms with E-state index in [4.69, 9.17) is 16.3 Å². The average molecular weight is 464 g/mol. The zero-order chi connectivity index (χ0) is 23.3. The first-order valence-electron chi connectivity index (χ1n) is 10.5. The number of anilines is 1. The second-order valence-electron chi connectivity index (χ2n) is 8.16. The van der Waals surface area contributed by atoms with Crippen LogP contribution in [0.3, 0.4) is 0 Å². The number of amides is 1. The summed E-state index contributed by atoms with van der Waals surface area (Å²) in [5, 5.41) is 11.7. The summed E-state index contributed by atoms with van der Waals surface area (Å²) >= 11 is 6.04. The van der Waals surface area contributed by atoms with Crippen molar-refractivity contribution in [3.05, 3.63) is 99.8 Å². The summed E-state index contributed by atoms with van der Waals surface area (Å²) in [5.41, 5.74) is 2.02. The Bertz CT molecular complexity index is 1320. The van der Waals surface area contributed by atoms with Crippen LogP contribution in [0, 0.1) is 5.82 Å². The number of Topliss-reactive ketones (excluding diaryl/α,β-unsaturated/α-hetero) is 1. The second-order valence-corrected chi connectivity index (χ2v) is 8.59. The highest BCUT2D eigenvalue weighted by Crippen LogP contribution is 2.43. The maximum absolute atomic E-state index is 14.0. The summed E-state index contributed by atoms with van der Waals surface area (Å²) in [7, 11) is 0. The molecule has 1 amide bonds. The third kappa shape index (κ3) is 3.66. The number of ether oxygens (including phenoxy) is 1. The third-order valence-electron chi connectivity index (χ3n) is 5.89. The van der Waals surface area contributed by atoms with Crippen molar-refractivity contribution in [2.45, 2.75) is 25.5 Å². The van der Waals surface area contributed by atoms with E-state index in [0.29, 0.717) is 22.6 Å². The van der Waals surface area contributed by atoms with Crippen LogP contribution in [0.15, 0.2) is 72.3 Å². The average Bonchev–Trinajstić information content (AvgIpc) is 3.29. The molecule has 0 spiro atoms. The van der Waals surface area contributed by atoms with Crippen molar-refractivity contribution in [3.8, 4) is 5.75 Å². The Balaban J connectivity index is 1.69. The van der Waals surface area contributed by atoms with Gasteiger partial charge in [0.2, 0.25) is 0 Å². The van der Waals surface area contributed by atoms with E-state index in [1.54, 1.807) is 48.5 Å². The molecule has 1 fully saturated rings. The van der Waals surface area contributed by atoms with E-state index < -0.39 is 23.5 Å². The molecule has 1 N–H and O–H groups in total. The maximum Gasteiger partial charge on any atom is 0.300 e. The Morgan fingerprint density at radius 2 is 1.85 bits per heavy atom. The summed E-state index contributed by atoms with van der Waals surface area (Å²) in [6.07, 6.45) is 0.694. The molecule has 2 atom stereocenters. The summed E-state index contributed by atoms with van der Waals surface area (Å²) in [4.78, 5) is 27.5. The van der Waals surface area contributed by atoms with Crippen molar-refractivity contribution >= 4 is 34.7 Å². The largest absolute Gasteiger partial charge is 0.507 e. The fraction of sp³-hybridized carbons (Fsp3) is 0.154. The molecule has 7 heteroatoms. The number of aliphatic hydroxyl groups excluding tert-OH is 1. The number of rotatable bonds is 3. The first kappa shape index (κ1) is 21.2. The smallest absolute Gasteiger partial charge is 0.300 e. The number of halogens is 2. The number of carbonyl (C=O) groups is 2. The van der Waals surface area contributed by atoms with Crippen LogP contribution in [0.25, 0.3) is 5.76 Å². The molecule has 0 aliphatic carbocycles. The van der Waals surface area contributed by atoms with E-state index in [9.17, 15) is 19.1 Å². The molecular weight excluding hydrogens is 445 g/mol. The predicted octanol–water partition coefficient (Wildman–Crippen LogP) is 5.43. The van der Waals surface area contributed by atoms with E-state index in [0.717, 1.165) is 11.3 Å². The monoisotopic (exact) mass is 463 g/mol. The molecular formula is C26H19ClFNO4. The van der Waals surface area contributed by atoms with Gasteiger partial charge in [-0.05, 0) is 66.6 Å². The van der Waals surface area contributed by atoms with E-state index in [-0.39, 0.29) is 23.1 Å². The number of aliphatic hydroxyl groups is 1. The van der Waals surface area contributed by atoms with Crippen molar-refractivity contribution in [1.82, 2.24) is 0 Å². The van der Waals surface area contributed by atoms with Crippen molar-refractivity contribution in [1.29, 1.82) is 0 Å². The lowest BCUT2D eigenvalue weighted by atomic mass is 9.94. The molecule has 0 radical (unpaired) electrons. The second kappa shape index (κ2) is 8.05. The van der Waals surface area contributed by atoms with Gasteiger partial charge in [-0.2, -0.15) is 0 Å². The SMILES string of the molecule is CC1Cc2cc(/C(O)=C3/C(=O)C(=O)N(c4cccc(F)c4)C3c3ccc(Cl)cc3)ccc2O1. The van der Waals surface area contributed by atoms with Crippen LogP contribution < -0.4 is 9.64 Å². The van der Waals surface area contributed by atoms with Crippen LogP contribution in [-0.4, -0.2) is 22.9 Å². The van der Waals surface area contributed by atoms with Crippen LogP contribution in [-0.2, 0) is 16.0 Å². The number of hydrogen-bond acceptors (Lipinski definition) is 4. The van der Waals surface area contributed by atoms with Gasteiger partial charge in [0, 0.05) is 22.7 Å². The molecule has 3 aromatic carbocycles. The van der Waals surface area contributed by atoms with Gasteiger partial charge >= 0.3 is 0 Å². The molecule has 2 aliphatic heterocycles. The van der Waals surface area contributed by atoms with Crippen molar-refractivity contribution in [2.75, 3.05) is 4.90 Å². The highest BCUT2D eigenvalue weighted by Gasteiger charge is 2.47. The van der Waals surface area contributed by atoms with Gasteiger partial charge in [0.15, 0.2) is 0 Å². The maximum atomic E-state index is 14.0. The van der Waals surface area contributed by atoms with Crippen molar-refractivity contribution in [3.63, 3.8) is 0 Å². The number of benzene rings is 3. The minimum Gasteiger partial charge on any atom is -0.507 e. The number of nitrogens with zero attached hydrogens (tertiary/aromatic N) is 1. The molecule has 0 bridgehead atoms. The van der Waals surface area contributed by atoms with Crippen LogP contribution in [0.2, 0.25) is 5.02 Å². The molecule has 2 unspecified atom stereocenters. The summed E-state index contributed by atoms with van der Waals surface area (Å²) in [5.74, 6) is -1.80. The third-order valence-corrected chi connectivity index (χ3v) is 6.14. The minimum atomic E-state index is -0.951. The highest BCUT2D eigenvalue weighted by molar-refractivity contribution is 6.51.